The third kappa shape index (κ3) is 6.42. The minimum atomic E-state index is -3.81. The van der Waals surface area contributed by atoms with E-state index in [0.29, 0.717) is 50.2 Å². The molecule has 45 heavy (non-hydrogen) atoms. The van der Waals surface area contributed by atoms with Crippen LogP contribution < -0.4 is 21.5 Å². The molecule has 1 spiro atoms. The van der Waals surface area contributed by atoms with E-state index in [1.807, 2.05) is 12.1 Å². The number of carbonyl (C=O) groups is 2. The van der Waals surface area contributed by atoms with Gasteiger partial charge in [-0.05, 0) is 67.0 Å². The van der Waals surface area contributed by atoms with Crippen LogP contribution in [0.15, 0.2) is 64.5 Å². The molecule has 1 aromatic heterocycles. The van der Waals surface area contributed by atoms with Crippen LogP contribution >= 0.6 is 11.6 Å². The van der Waals surface area contributed by atoms with Crippen LogP contribution in [0.3, 0.4) is 0 Å². The standard InChI is InChI=1S/C31H33ClN8O4S/c32-26-28(34)38-27(33)25(37-26)29(41)36-24-10-12-31(39-24)13-16-40(17-14-31)30(42)21-5-3-6-22(18-21)45(43,44)35-15-11-20-9-8-19-4-1-2-7-23(19)20/h1-7,9,18,35H,8,10-17H2,(H4,33,34,38)(H,36,39,41). The molecule has 12 nitrogen and oxygen atoms in total. The number of anilines is 2. The van der Waals surface area contributed by atoms with E-state index in [1.165, 1.54) is 23.3 Å². The van der Waals surface area contributed by atoms with Crippen molar-refractivity contribution in [2.45, 2.75) is 49.0 Å². The molecule has 2 amide bonds. The quantitative estimate of drug-likeness (QED) is 0.301. The number of carbonyl (C=O) groups excluding carboxylic acids is 2. The monoisotopic (exact) mass is 648 g/mol. The highest BCUT2D eigenvalue weighted by Gasteiger charge is 2.40. The number of nitrogen functional groups attached to an aromatic ring is 2. The first-order valence-corrected chi connectivity index (χ1v) is 16.5. The number of hydrogen-bond donors (Lipinski definition) is 4. The van der Waals surface area contributed by atoms with Crippen molar-refractivity contribution in [3.8, 4) is 0 Å². The highest BCUT2D eigenvalue weighted by molar-refractivity contribution is 7.89. The van der Waals surface area contributed by atoms with Crippen molar-refractivity contribution in [2.24, 2.45) is 4.99 Å². The Morgan fingerprint density at radius 3 is 2.58 bits per heavy atom. The fraction of sp³-hybridized carbons (Fsp3) is 0.323. The average Bonchev–Trinajstić information content (AvgIpc) is 3.62. The number of fused-ring (bicyclic) bond motifs is 1. The van der Waals surface area contributed by atoms with E-state index in [2.05, 4.69) is 38.2 Å². The molecular formula is C31H33ClN8O4S. The molecule has 0 unspecified atom stereocenters. The van der Waals surface area contributed by atoms with Crippen LogP contribution in [-0.2, 0) is 16.4 Å². The number of piperidine rings is 1. The minimum Gasteiger partial charge on any atom is -0.382 e. The molecule has 6 rings (SSSR count). The Morgan fingerprint density at radius 2 is 1.78 bits per heavy atom. The SMILES string of the molecule is Nc1nc(N)c(C(=O)NC2=NC3(CC2)CCN(C(=O)c2cccc(S(=O)(=O)NCCC4=CCc5ccccc54)c2)CC3)nc1Cl. The lowest BCUT2D eigenvalue weighted by Gasteiger charge is -2.37. The maximum absolute atomic E-state index is 13.4. The summed E-state index contributed by atoms with van der Waals surface area (Å²) in [6.07, 6.45) is 6.05. The van der Waals surface area contributed by atoms with Crippen LogP contribution in [0.4, 0.5) is 11.6 Å². The van der Waals surface area contributed by atoms with Gasteiger partial charge in [0, 0.05) is 31.6 Å². The molecule has 1 aliphatic carbocycles. The van der Waals surface area contributed by atoms with Gasteiger partial charge in [-0.3, -0.25) is 14.6 Å². The molecule has 6 N–H and O–H groups in total. The zero-order valence-corrected chi connectivity index (χ0v) is 26.0. The van der Waals surface area contributed by atoms with Crippen molar-refractivity contribution < 1.29 is 18.0 Å². The first kappa shape index (κ1) is 30.7. The van der Waals surface area contributed by atoms with Crippen LogP contribution in [0.1, 0.15) is 64.1 Å². The minimum absolute atomic E-state index is 0.0520. The number of hydrogen-bond acceptors (Lipinski definition) is 9. The van der Waals surface area contributed by atoms with Crippen LogP contribution in [0.2, 0.25) is 5.15 Å². The summed E-state index contributed by atoms with van der Waals surface area (Å²) in [5, 5.41) is 2.64. The second-order valence-electron chi connectivity index (χ2n) is 11.4. The predicted molar refractivity (Wildman–Crippen MR) is 172 cm³/mol. The number of likely N-dealkylation sites (tertiary alicyclic amines) is 1. The van der Waals surface area contributed by atoms with Crippen LogP contribution in [0, 0.1) is 0 Å². The molecule has 0 bridgehead atoms. The van der Waals surface area contributed by atoms with Crippen LogP contribution in [0.25, 0.3) is 5.57 Å². The summed E-state index contributed by atoms with van der Waals surface area (Å²) in [6, 6.07) is 14.3. The molecule has 0 radical (unpaired) electrons. The summed E-state index contributed by atoms with van der Waals surface area (Å²) in [4.78, 5) is 40.5. The summed E-state index contributed by atoms with van der Waals surface area (Å²) in [6.45, 7) is 1.15. The number of aliphatic imine (C=N–C) groups is 1. The van der Waals surface area contributed by atoms with Gasteiger partial charge in [0.15, 0.2) is 22.5 Å². The number of nitrogens with two attached hydrogens (primary N) is 2. The Balaban J connectivity index is 1.04. The lowest BCUT2D eigenvalue weighted by Crippen LogP contribution is -2.45. The van der Waals surface area contributed by atoms with E-state index in [4.69, 9.17) is 28.1 Å². The zero-order chi connectivity index (χ0) is 31.8. The number of halogens is 1. The largest absolute Gasteiger partial charge is 0.382 e. The van der Waals surface area contributed by atoms with Crippen molar-refractivity contribution in [1.82, 2.24) is 24.9 Å². The van der Waals surface area contributed by atoms with E-state index >= 15 is 0 Å². The summed E-state index contributed by atoms with van der Waals surface area (Å²) in [7, 11) is -3.81. The zero-order valence-electron chi connectivity index (χ0n) is 24.4. The number of nitrogens with zero attached hydrogens (tertiary/aromatic N) is 4. The van der Waals surface area contributed by atoms with Crippen molar-refractivity contribution in [1.29, 1.82) is 0 Å². The third-order valence-electron chi connectivity index (χ3n) is 8.57. The molecule has 234 valence electrons. The lowest BCUT2D eigenvalue weighted by molar-refractivity contribution is 0.0672. The molecule has 1 fully saturated rings. The van der Waals surface area contributed by atoms with Crippen molar-refractivity contribution >= 4 is 56.5 Å². The molecule has 1 saturated heterocycles. The molecule has 14 heteroatoms. The van der Waals surface area contributed by atoms with E-state index in [-0.39, 0.29) is 39.8 Å². The van der Waals surface area contributed by atoms with Gasteiger partial charge in [0.1, 0.15) is 5.84 Å². The summed E-state index contributed by atoms with van der Waals surface area (Å²) in [5.74, 6) is -0.494. The van der Waals surface area contributed by atoms with Crippen molar-refractivity contribution in [3.05, 3.63) is 82.1 Å². The number of amides is 2. The smallest absolute Gasteiger partial charge is 0.279 e. The molecule has 0 atom stereocenters. The summed E-state index contributed by atoms with van der Waals surface area (Å²) >= 11 is 5.90. The molecule has 3 heterocycles. The van der Waals surface area contributed by atoms with Gasteiger partial charge in [0.05, 0.1) is 10.4 Å². The predicted octanol–water partition coefficient (Wildman–Crippen LogP) is 3.20. The van der Waals surface area contributed by atoms with Crippen molar-refractivity contribution in [3.63, 3.8) is 0 Å². The number of rotatable bonds is 7. The Hall–Kier alpha value is -4.33. The highest BCUT2D eigenvalue weighted by atomic mass is 35.5. The normalized spacial score (nSPS) is 17.1. The number of sulfonamides is 1. The second-order valence-corrected chi connectivity index (χ2v) is 13.6. The lowest BCUT2D eigenvalue weighted by atomic mass is 9.86. The molecule has 0 saturated carbocycles. The number of nitrogens with one attached hydrogen (secondary N) is 2. The maximum atomic E-state index is 13.4. The number of aromatic nitrogens is 2. The van der Waals surface area contributed by atoms with Crippen LogP contribution in [-0.4, -0.2) is 66.1 Å². The number of benzene rings is 2. The number of allylic oxidation sites excluding steroid dienone is 1. The molecule has 2 aliphatic heterocycles. The fourth-order valence-electron chi connectivity index (χ4n) is 6.10. The summed E-state index contributed by atoms with van der Waals surface area (Å²) < 4.78 is 28.9. The van der Waals surface area contributed by atoms with Gasteiger partial charge in [0.2, 0.25) is 10.0 Å². The van der Waals surface area contributed by atoms with E-state index < -0.39 is 21.5 Å². The van der Waals surface area contributed by atoms with Gasteiger partial charge in [-0.25, -0.2) is 23.1 Å². The topological polar surface area (TPSA) is 186 Å². The first-order valence-electron chi connectivity index (χ1n) is 14.7. The fourth-order valence-corrected chi connectivity index (χ4v) is 7.30. The van der Waals surface area contributed by atoms with Gasteiger partial charge < -0.3 is 21.7 Å². The van der Waals surface area contributed by atoms with Crippen molar-refractivity contribution in [2.75, 3.05) is 31.1 Å². The second kappa shape index (κ2) is 12.2. The Labute approximate surface area is 266 Å². The Morgan fingerprint density at radius 1 is 1.00 bits per heavy atom. The Bertz CT molecular complexity index is 1850. The number of amidine groups is 1. The average molecular weight is 649 g/mol. The first-order chi connectivity index (χ1) is 21.5. The van der Waals surface area contributed by atoms with E-state index in [1.54, 1.807) is 17.0 Å². The van der Waals surface area contributed by atoms with Gasteiger partial charge in [0.25, 0.3) is 11.8 Å². The Kier molecular flexibility index (Phi) is 8.33. The maximum Gasteiger partial charge on any atom is 0.279 e. The van der Waals surface area contributed by atoms with Gasteiger partial charge in [-0.15, -0.1) is 0 Å². The molecular weight excluding hydrogens is 616 g/mol. The van der Waals surface area contributed by atoms with Crippen LogP contribution in [0.5, 0.6) is 0 Å². The molecule has 2 aromatic carbocycles. The van der Waals surface area contributed by atoms with Gasteiger partial charge in [-0.2, -0.15) is 0 Å². The molecule has 3 aromatic rings. The van der Waals surface area contributed by atoms with E-state index in [0.717, 1.165) is 18.4 Å². The van der Waals surface area contributed by atoms with Gasteiger partial charge >= 0.3 is 0 Å². The van der Waals surface area contributed by atoms with E-state index in [9.17, 15) is 18.0 Å². The summed E-state index contributed by atoms with van der Waals surface area (Å²) in [5.41, 5.74) is 14.7. The third-order valence-corrected chi connectivity index (χ3v) is 10.3. The van der Waals surface area contributed by atoms with Gasteiger partial charge in [-0.1, -0.05) is 48.0 Å². The highest BCUT2D eigenvalue weighted by Crippen LogP contribution is 2.36. The molecule has 3 aliphatic rings.